The number of benzene rings is 1. The van der Waals surface area contributed by atoms with E-state index in [0.29, 0.717) is 11.3 Å². The topological polar surface area (TPSA) is 70.6 Å². The third-order valence-corrected chi connectivity index (χ3v) is 3.79. The van der Waals surface area contributed by atoms with Crippen molar-refractivity contribution in [3.8, 4) is 5.75 Å². The Hall–Kier alpha value is -1.82. The van der Waals surface area contributed by atoms with Gasteiger partial charge in [-0.3, -0.25) is 0 Å². The Morgan fingerprint density at radius 2 is 2.09 bits per heavy atom. The first-order chi connectivity index (χ1) is 10.4. The largest absolute Gasteiger partial charge is 0.496 e. The lowest BCUT2D eigenvalue weighted by Gasteiger charge is -2.20. The van der Waals surface area contributed by atoms with Crippen molar-refractivity contribution < 1.29 is 19.0 Å². The Balaban J connectivity index is 2.62. The molecule has 0 fully saturated rings. The molecule has 1 rings (SSSR count). The highest BCUT2D eigenvalue weighted by molar-refractivity contribution is 5.74. The Kier molecular flexibility index (Phi) is 7.11. The second-order valence-electron chi connectivity index (χ2n) is 5.38. The number of carbonyl (C=O) groups excluding carboxylic acids is 1. The third-order valence-electron chi connectivity index (χ3n) is 3.79. The number of ether oxygens (including phenoxy) is 1. The summed E-state index contributed by atoms with van der Waals surface area (Å²) in [6, 6.07) is 3.49. The highest BCUT2D eigenvalue weighted by Crippen LogP contribution is 2.27. The van der Waals surface area contributed by atoms with E-state index < -0.39 is 24.0 Å². The molecule has 5 nitrogen and oxygen atoms in total. The van der Waals surface area contributed by atoms with Gasteiger partial charge < -0.3 is 20.5 Å². The van der Waals surface area contributed by atoms with Crippen LogP contribution in [-0.2, 0) is 0 Å². The van der Waals surface area contributed by atoms with Crippen molar-refractivity contribution in [2.75, 3.05) is 13.7 Å². The normalized spacial score (nSPS) is 14.8. The zero-order chi connectivity index (χ0) is 16.7. The number of aliphatic hydroxyl groups is 1. The van der Waals surface area contributed by atoms with E-state index in [1.165, 1.54) is 13.2 Å². The van der Waals surface area contributed by atoms with Gasteiger partial charge in [-0.15, -0.1) is 0 Å². The lowest BCUT2D eigenvalue weighted by Crippen LogP contribution is -2.42. The van der Waals surface area contributed by atoms with Gasteiger partial charge in [0.05, 0.1) is 24.8 Å². The fourth-order valence-electron chi connectivity index (χ4n) is 2.11. The molecule has 0 aliphatic rings. The number of nitrogens with one attached hydrogen (secondary N) is 2. The average molecular weight is 312 g/mol. The summed E-state index contributed by atoms with van der Waals surface area (Å²) in [7, 11) is 1.45. The van der Waals surface area contributed by atoms with Gasteiger partial charge in [0.15, 0.2) is 0 Å². The van der Waals surface area contributed by atoms with Crippen LogP contribution in [0.5, 0.6) is 5.75 Å². The van der Waals surface area contributed by atoms with E-state index in [1.807, 2.05) is 13.8 Å². The fourth-order valence-corrected chi connectivity index (χ4v) is 2.11. The molecule has 0 aromatic heterocycles. The van der Waals surface area contributed by atoms with E-state index in [1.54, 1.807) is 19.1 Å². The number of hydrogen-bond donors (Lipinski definition) is 3. The molecule has 0 saturated carbocycles. The molecule has 0 heterocycles. The minimum atomic E-state index is -0.603. The second-order valence-corrected chi connectivity index (χ2v) is 5.38. The highest BCUT2D eigenvalue weighted by atomic mass is 19.1. The summed E-state index contributed by atoms with van der Waals surface area (Å²) < 4.78 is 19.0. The zero-order valence-corrected chi connectivity index (χ0v) is 13.5. The van der Waals surface area contributed by atoms with Crippen LogP contribution in [0.4, 0.5) is 9.18 Å². The molecule has 0 aliphatic carbocycles. The van der Waals surface area contributed by atoms with E-state index in [9.17, 15) is 14.3 Å². The first-order valence-electron chi connectivity index (χ1n) is 7.45. The molecule has 0 spiro atoms. The number of halogens is 1. The maximum atomic E-state index is 13.9. The summed E-state index contributed by atoms with van der Waals surface area (Å²) in [5.41, 5.74) is 0.294. The summed E-state index contributed by atoms with van der Waals surface area (Å²) in [6.45, 7) is 5.71. The Labute approximate surface area is 130 Å². The number of carbonyl (C=O) groups is 1. The fraction of sp³-hybridized carbons (Fsp3) is 0.562. The van der Waals surface area contributed by atoms with E-state index in [-0.39, 0.29) is 12.5 Å². The van der Waals surface area contributed by atoms with Crippen molar-refractivity contribution in [2.24, 2.45) is 5.92 Å². The number of methoxy groups -OCH3 is 1. The molecule has 3 unspecified atom stereocenters. The van der Waals surface area contributed by atoms with Crippen molar-refractivity contribution in [1.29, 1.82) is 0 Å². The lowest BCUT2D eigenvalue weighted by atomic mass is 10.0. The molecule has 22 heavy (non-hydrogen) atoms. The third kappa shape index (κ3) is 4.87. The van der Waals surface area contributed by atoms with Gasteiger partial charge in [-0.05, 0) is 25.0 Å². The van der Waals surface area contributed by atoms with Gasteiger partial charge in [-0.1, -0.05) is 26.3 Å². The monoisotopic (exact) mass is 312 g/mol. The number of urea groups is 1. The van der Waals surface area contributed by atoms with Crippen molar-refractivity contribution in [3.63, 3.8) is 0 Å². The Bertz CT molecular complexity index is 496. The molecular formula is C16H25FN2O3. The van der Waals surface area contributed by atoms with E-state index in [4.69, 9.17) is 4.74 Å². The molecule has 6 heteroatoms. The molecule has 0 radical (unpaired) electrons. The number of rotatable bonds is 7. The first-order valence-corrected chi connectivity index (χ1v) is 7.45. The van der Waals surface area contributed by atoms with E-state index >= 15 is 0 Å². The van der Waals surface area contributed by atoms with Crippen LogP contribution >= 0.6 is 0 Å². The first kappa shape index (κ1) is 18.2. The lowest BCUT2D eigenvalue weighted by molar-refractivity contribution is 0.114. The molecule has 0 bridgehead atoms. The van der Waals surface area contributed by atoms with Crippen molar-refractivity contribution in [2.45, 2.75) is 39.3 Å². The summed E-state index contributed by atoms with van der Waals surface area (Å²) in [5, 5.41) is 15.1. The van der Waals surface area contributed by atoms with Crippen LogP contribution in [0.25, 0.3) is 0 Å². The van der Waals surface area contributed by atoms with Gasteiger partial charge in [0.1, 0.15) is 11.6 Å². The molecule has 0 aliphatic heterocycles. The minimum Gasteiger partial charge on any atom is -0.496 e. The molecule has 1 aromatic carbocycles. The van der Waals surface area contributed by atoms with Crippen molar-refractivity contribution >= 4 is 6.03 Å². The van der Waals surface area contributed by atoms with Gasteiger partial charge >= 0.3 is 6.03 Å². The van der Waals surface area contributed by atoms with Crippen LogP contribution < -0.4 is 15.4 Å². The predicted molar refractivity (Wildman–Crippen MR) is 83.4 cm³/mol. The summed E-state index contributed by atoms with van der Waals surface area (Å²) in [6.07, 6.45) is 0.224. The molecular weight excluding hydrogens is 287 g/mol. The number of amides is 2. The molecule has 124 valence electrons. The minimum absolute atomic E-state index is 0.101. The molecule has 1 aromatic rings. The standard InChI is InChI=1S/C16H25FN2O3/c1-5-10(2)13(20)9-18-16(21)19-11(3)15-12(17)7-6-8-14(15)22-4/h6-8,10-11,13,20H,5,9H2,1-4H3,(H2,18,19,21). The van der Waals surface area contributed by atoms with Crippen LogP contribution in [0.3, 0.4) is 0 Å². The van der Waals surface area contributed by atoms with Crippen molar-refractivity contribution in [1.82, 2.24) is 10.6 Å². The van der Waals surface area contributed by atoms with Crippen molar-refractivity contribution in [3.05, 3.63) is 29.6 Å². The summed E-state index contributed by atoms with van der Waals surface area (Å²) in [4.78, 5) is 11.9. The van der Waals surface area contributed by atoms with Gasteiger partial charge in [-0.2, -0.15) is 0 Å². The van der Waals surface area contributed by atoms with Gasteiger partial charge in [0, 0.05) is 6.54 Å². The second kappa shape index (κ2) is 8.58. The Morgan fingerprint density at radius 3 is 2.68 bits per heavy atom. The molecule has 3 atom stereocenters. The summed E-state index contributed by atoms with van der Waals surface area (Å²) in [5.74, 6) is 0.0450. The Morgan fingerprint density at radius 1 is 1.41 bits per heavy atom. The zero-order valence-electron chi connectivity index (χ0n) is 13.5. The van der Waals surface area contributed by atoms with Gasteiger partial charge in [0.25, 0.3) is 0 Å². The maximum Gasteiger partial charge on any atom is 0.315 e. The summed E-state index contributed by atoms with van der Waals surface area (Å²) >= 11 is 0. The molecule has 3 N–H and O–H groups in total. The van der Waals surface area contributed by atoms with Crippen LogP contribution in [0.2, 0.25) is 0 Å². The highest BCUT2D eigenvalue weighted by Gasteiger charge is 2.19. The number of aliphatic hydroxyl groups excluding tert-OH is 1. The van der Waals surface area contributed by atoms with Crippen LogP contribution in [0.1, 0.15) is 38.8 Å². The van der Waals surface area contributed by atoms with Gasteiger partial charge in [-0.25, -0.2) is 9.18 Å². The van der Waals surface area contributed by atoms with E-state index in [0.717, 1.165) is 6.42 Å². The molecule has 2 amide bonds. The SMILES string of the molecule is CCC(C)C(O)CNC(=O)NC(C)c1c(F)cccc1OC. The smallest absolute Gasteiger partial charge is 0.315 e. The van der Waals surface area contributed by atoms with Crippen LogP contribution in [0.15, 0.2) is 18.2 Å². The van der Waals surface area contributed by atoms with Crippen LogP contribution in [-0.4, -0.2) is 30.9 Å². The predicted octanol–water partition coefficient (Wildman–Crippen LogP) is 2.60. The molecule has 0 saturated heterocycles. The maximum absolute atomic E-state index is 13.9. The van der Waals surface area contributed by atoms with Gasteiger partial charge in [0.2, 0.25) is 0 Å². The number of hydrogen-bond acceptors (Lipinski definition) is 3. The van der Waals surface area contributed by atoms with Crippen LogP contribution in [0, 0.1) is 11.7 Å². The quantitative estimate of drug-likeness (QED) is 0.725. The van der Waals surface area contributed by atoms with E-state index in [2.05, 4.69) is 10.6 Å². The average Bonchev–Trinajstić information content (AvgIpc) is 2.51.